The highest BCUT2D eigenvalue weighted by Gasteiger charge is 2.31. The molecule has 2 amide bonds. The maximum Gasteiger partial charge on any atom is 0.223 e. The summed E-state index contributed by atoms with van der Waals surface area (Å²) < 4.78 is 0. The molecule has 3 N–H and O–H groups in total. The van der Waals surface area contributed by atoms with Crippen LogP contribution in [0.25, 0.3) is 6.08 Å². The van der Waals surface area contributed by atoms with Crippen LogP contribution in [-0.4, -0.2) is 29.3 Å². The highest BCUT2D eigenvalue weighted by Crippen LogP contribution is 2.33. The Morgan fingerprint density at radius 1 is 1.29 bits per heavy atom. The fourth-order valence-electron chi connectivity index (χ4n) is 3.86. The maximum absolute atomic E-state index is 12.6. The number of nitrogens with two attached hydrogens (primary N) is 1. The second kappa shape index (κ2) is 7.18. The van der Waals surface area contributed by atoms with Crippen molar-refractivity contribution in [2.45, 2.75) is 44.7 Å². The summed E-state index contributed by atoms with van der Waals surface area (Å²) in [6.45, 7) is 2.14. The number of rotatable bonds is 4. The van der Waals surface area contributed by atoms with Crippen molar-refractivity contribution in [2.24, 2.45) is 11.7 Å². The molecule has 0 spiro atoms. The van der Waals surface area contributed by atoms with Crippen LogP contribution < -0.4 is 11.1 Å². The van der Waals surface area contributed by atoms with Crippen LogP contribution in [-0.2, 0) is 9.59 Å². The van der Waals surface area contributed by atoms with E-state index in [1.165, 1.54) is 6.92 Å². The SMILES string of the molecule is CC(=O)N1C=Cc2ccccc2C1CC(=O)NC1CCCC1CN. The van der Waals surface area contributed by atoms with Crippen molar-refractivity contribution in [1.82, 2.24) is 10.2 Å². The first kappa shape index (κ1) is 16.7. The van der Waals surface area contributed by atoms with E-state index in [2.05, 4.69) is 5.32 Å². The van der Waals surface area contributed by atoms with E-state index >= 15 is 0 Å². The van der Waals surface area contributed by atoms with Gasteiger partial charge in [-0.15, -0.1) is 0 Å². The van der Waals surface area contributed by atoms with E-state index in [0.717, 1.165) is 30.4 Å². The van der Waals surface area contributed by atoms with E-state index in [9.17, 15) is 9.59 Å². The topological polar surface area (TPSA) is 75.4 Å². The summed E-state index contributed by atoms with van der Waals surface area (Å²) in [6.07, 6.45) is 7.16. The smallest absolute Gasteiger partial charge is 0.223 e. The quantitative estimate of drug-likeness (QED) is 0.890. The van der Waals surface area contributed by atoms with Gasteiger partial charge in [0.1, 0.15) is 0 Å². The number of benzene rings is 1. The molecule has 1 aliphatic carbocycles. The number of carbonyl (C=O) groups excluding carboxylic acids is 2. The van der Waals surface area contributed by atoms with Gasteiger partial charge in [0, 0.05) is 19.2 Å². The molecule has 0 aromatic heterocycles. The molecule has 0 saturated heterocycles. The predicted octanol–water partition coefficient (Wildman–Crippen LogP) is 2.19. The molecule has 3 unspecified atom stereocenters. The van der Waals surface area contributed by atoms with Gasteiger partial charge in [-0.05, 0) is 42.5 Å². The molecule has 1 aromatic carbocycles. The van der Waals surface area contributed by atoms with Crippen LogP contribution in [0.3, 0.4) is 0 Å². The molecule has 5 heteroatoms. The highest BCUT2D eigenvalue weighted by molar-refractivity contribution is 5.82. The Morgan fingerprint density at radius 3 is 2.83 bits per heavy atom. The summed E-state index contributed by atoms with van der Waals surface area (Å²) in [4.78, 5) is 26.2. The number of amides is 2. The molecule has 1 aliphatic heterocycles. The first-order chi connectivity index (χ1) is 11.6. The fourth-order valence-corrected chi connectivity index (χ4v) is 3.86. The third kappa shape index (κ3) is 3.36. The average Bonchev–Trinajstić information content (AvgIpc) is 3.01. The largest absolute Gasteiger partial charge is 0.353 e. The molecule has 128 valence electrons. The van der Waals surface area contributed by atoms with Crippen molar-refractivity contribution < 1.29 is 9.59 Å². The molecule has 2 aliphatic rings. The van der Waals surface area contributed by atoms with Crippen LogP contribution in [0.5, 0.6) is 0 Å². The van der Waals surface area contributed by atoms with Crippen molar-refractivity contribution in [2.75, 3.05) is 6.54 Å². The van der Waals surface area contributed by atoms with Crippen molar-refractivity contribution in [1.29, 1.82) is 0 Å². The van der Waals surface area contributed by atoms with Gasteiger partial charge in [-0.1, -0.05) is 30.7 Å². The summed E-state index contributed by atoms with van der Waals surface area (Å²) >= 11 is 0. The molecule has 1 saturated carbocycles. The molecule has 1 heterocycles. The van der Waals surface area contributed by atoms with Crippen LogP contribution >= 0.6 is 0 Å². The monoisotopic (exact) mass is 327 g/mol. The molecule has 24 heavy (non-hydrogen) atoms. The molecular formula is C19H25N3O2. The molecular weight excluding hydrogens is 302 g/mol. The first-order valence-electron chi connectivity index (χ1n) is 8.65. The number of hydrogen-bond donors (Lipinski definition) is 2. The summed E-state index contributed by atoms with van der Waals surface area (Å²) in [5, 5.41) is 3.14. The lowest BCUT2D eigenvalue weighted by atomic mass is 9.93. The van der Waals surface area contributed by atoms with Crippen molar-refractivity contribution >= 4 is 17.9 Å². The standard InChI is InChI=1S/C19H25N3O2/c1-13(23)22-10-9-14-5-2-3-7-16(14)18(22)11-19(24)21-17-8-4-6-15(17)12-20/h2-3,5,7,9-10,15,17-18H,4,6,8,11-12,20H2,1H3,(H,21,24). The van der Waals surface area contributed by atoms with E-state index in [0.29, 0.717) is 12.5 Å². The molecule has 0 bridgehead atoms. The molecule has 3 atom stereocenters. The van der Waals surface area contributed by atoms with Crippen molar-refractivity contribution in [3.05, 3.63) is 41.6 Å². The van der Waals surface area contributed by atoms with Gasteiger partial charge in [-0.2, -0.15) is 0 Å². The van der Waals surface area contributed by atoms with Gasteiger partial charge < -0.3 is 16.0 Å². The van der Waals surface area contributed by atoms with Crippen molar-refractivity contribution in [3.63, 3.8) is 0 Å². The number of hydrogen-bond acceptors (Lipinski definition) is 3. The fraction of sp³-hybridized carbons (Fsp3) is 0.474. The third-order valence-corrected chi connectivity index (χ3v) is 5.16. The lowest BCUT2D eigenvalue weighted by Crippen LogP contribution is -2.42. The molecule has 3 rings (SSSR count). The van der Waals surface area contributed by atoms with Crippen LogP contribution in [0.15, 0.2) is 30.5 Å². The number of carbonyl (C=O) groups is 2. The zero-order valence-corrected chi connectivity index (χ0v) is 14.1. The minimum absolute atomic E-state index is 0.0123. The van der Waals surface area contributed by atoms with E-state index in [1.54, 1.807) is 11.1 Å². The van der Waals surface area contributed by atoms with Crippen LogP contribution in [0, 0.1) is 5.92 Å². The number of nitrogens with one attached hydrogen (secondary N) is 1. The minimum atomic E-state index is -0.249. The van der Waals surface area contributed by atoms with E-state index in [4.69, 9.17) is 5.73 Å². The van der Waals surface area contributed by atoms with Crippen molar-refractivity contribution in [3.8, 4) is 0 Å². The van der Waals surface area contributed by atoms with Crippen LogP contribution in [0.1, 0.15) is 49.8 Å². The molecule has 5 nitrogen and oxygen atoms in total. The Balaban J connectivity index is 1.75. The zero-order valence-electron chi connectivity index (χ0n) is 14.1. The second-order valence-electron chi connectivity index (χ2n) is 6.69. The predicted molar refractivity (Wildman–Crippen MR) is 93.7 cm³/mol. The first-order valence-corrected chi connectivity index (χ1v) is 8.65. The van der Waals surface area contributed by atoms with Gasteiger partial charge in [-0.25, -0.2) is 0 Å². The summed E-state index contributed by atoms with van der Waals surface area (Å²) in [7, 11) is 0. The highest BCUT2D eigenvalue weighted by atomic mass is 16.2. The van der Waals surface area contributed by atoms with Gasteiger partial charge in [0.2, 0.25) is 11.8 Å². The molecule has 1 fully saturated rings. The maximum atomic E-state index is 12.6. The van der Waals surface area contributed by atoms with E-state index in [-0.39, 0.29) is 30.3 Å². The Hall–Kier alpha value is -2.14. The third-order valence-electron chi connectivity index (χ3n) is 5.16. The summed E-state index contributed by atoms with van der Waals surface area (Å²) in [6, 6.07) is 7.83. The van der Waals surface area contributed by atoms with Gasteiger partial charge in [-0.3, -0.25) is 9.59 Å². The number of nitrogens with zero attached hydrogens (tertiary/aromatic N) is 1. The van der Waals surface area contributed by atoms with Gasteiger partial charge in [0.15, 0.2) is 0 Å². The lowest BCUT2D eigenvalue weighted by Gasteiger charge is -2.32. The van der Waals surface area contributed by atoms with Gasteiger partial charge >= 0.3 is 0 Å². The minimum Gasteiger partial charge on any atom is -0.353 e. The Morgan fingerprint density at radius 2 is 2.08 bits per heavy atom. The lowest BCUT2D eigenvalue weighted by molar-refractivity contribution is -0.130. The van der Waals surface area contributed by atoms with E-state index < -0.39 is 0 Å². The number of fused-ring (bicyclic) bond motifs is 1. The Kier molecular flexibility index (Phi) is 5.00. The zero-order chi connectivity index (χ0) is 17.1. The average molecular weight is 327 g/mol. The van der Waals surface area contributed by atoms with Crippen LogP contribution in [0.4, 0.5) is 0 Å². The second-order valence-corrected chi connectivity index (χ2v) is 6.69. The normalized spacial score (nSPS) is 25.4. The Bertz CT molecular complexity index is 656. The van der Waals surface area contributed by atoms with Crippen LogP contribution in [0.2, 0.25) is 0 Å². The van der Waals surface area contributed by atoms with Gasteiger partial charge in [0.25, 0.3) is 0 Å². The summed E-state index contributed by atoms with van der Waals surface area (Å²) in [5.74, 6) is 0.303. The van der Waals surface area contributed by atoms with E-state index in [1.807, 2.05) is 30.3 Å². The van der Waals surface area contributed by atoms with Gasteiger partial charge in [0.05, 0.1) is 12.5 Å². The molecule has 1 aromatic rings. The summed E-state index contributed by atoms with van der Waals surface area (Å²) in [5.41, 5.74) is 7.88. The molecule has 0 radical (unpaired) electrons. The Labute approximate surface area is 142 Å².